The van der Waals surface area contributed by atoms with Crippen LogP contribution in [-0.4, -0.2) is 37.7 Å². The van der Waals surface area contributed by atoms with E-state index in [1.165, 1.54) is 51.5 Å². The van der Waals surface area contributed by atoms with Crippen LogP contribution in [0.4, 0.5) is 0 Å². The van der Waals surface area contributed by atoms with E-state index in [2.05, 4.69) is 18.7 Å². The summed E-state index contributed by atoms with van der Waals surface area (Å²) in [6.07, 6.45) is 9.82. The van der Waals surface area contributed by atoms with Gasteiger partial charge in [0.1, 0.15) is 0 Å². The Kier molecular flexibility index (Phi) is 8.72. The maximum Gasteiger partial charge on any atom is 0.0594 e. The molecule has 1 aliphatic rings. The standard InChI is InChI=1S/C15H31NO/c1-3-5-7-15(8-6-4-2)9-10-16-11-13-17-14-12-16/h15H,3-14H2,1-2H3. The molecule has 17 heavy (non-hydrogen) atoms. The van der Waals surface area contributed by atoms with Gasteiger partial charge in [-0.1, -0.05) is 52.4 Å². The molecule has 2 heteroatoms. The van der Waals surface area contributed by atoms with Crippen molar-refractivity contribution in [1.29, 1.82) is 0 Å². The minimum atomic E-state index is 0.939. The van der Waals surface area contributed by atoms with Crippen molar-refractivity contribution < 1.29 is 4.74 Å². The second kappa shape index (κ2) is 9.90. The first-order chi connectivity index (χ1) is 8.36. The zero-order valence-electron chi connectivity index (χ0n) is 11.9. The van der Waals surface area contributed by atoms with Crippen LogP contribution < -0.4 is 0 Å². The van der Waals surface area contributed by atoms with E-state index in [-0.39, 0.29) is 0 Å². The summed E-state index contributed by atoms with van der Waals surface area (Å²) in [5, 5.41) is 0. The summed E-state index contributed by atoms with van der Waals surface area (Å²) >= 11 is 0. The van der Waals surface area contributed by atoms with Gasteiger partial charge in [0.2, 0.25) is 0 Å². The molecule has 0 amide bonds. The van der Waals surface area contributed by atoms with Crippen molar-refractivity contribution in [2.75, 3.05) is 32.8 Å². The molecule has 1 heterocycles. The highest BCUT2D eigenvalue weighted by Gasteiger charge is 2.13. The Balaban J connectivity index is 2.16. The molecule has 0 unspecified atom stereocenters. The predicted molar refractivity (Wildman–Crippen MR) is 74.4 cm³/mol. The van der Waals surface area contributed by atoms with Crippen molar-refractivity contribution in [3.8, 4) is 0 Å². The normalized spacial score (nSPS) is 17.8. The smallest absolute Gasteiger partial charge is 0.0594 e. The van der Waals surface area contributed by atoms with Gasteiger partial charge in [-0.2, -0.15) is 0 Å². The van der Waals surface area contributed by atoms with Gasteiger partial charge < -0.3 is 4.74 Å². The molecule has 0 atom stereocenters. The average Bonchev–Trinajstić information content (AvgIpc) is 2.39. The fraction of sp³-hybridized carbons (Fsp3) is 1.00. The fourth-order valence-electron chi connectivity index (χ4n) is 2.61. The highest BCUT2D eigenvalue weighted by Crippen LogP contribution is 2.20. The van der Waals surface area contributed by atoms with E-state index >= 15 is 0 Å². The van der Waals surface area contributed by atoms with Crippen molar-refractivity contribution in [2.45, 2.75) is 58.8 Å². The van der Waals surface area contributed by atoms with Gasteiger partial charge in [0.05, 0.1) is 13.2 Å². The van der Waals surface area contributed by atoms with Crippen LogP contribution in [0.3, 0.4) is 0 Å². The maximum atomic E-state index is 5.39. The lowest BCUT2D eigenvalue weighted by Gasteiger charge is -2.28. The summed E-state index contributed by atoms with van der Waals surface area (Å²) < 4.78 is 5.39. The number of ether oxygens (including phenoxy) is 1. The molecule has 2 nitrogen and oxygen atoms in total. The van der Waals surface area contributed by atoms with E-state index < -0.39 is 0 Å². The van der Waals surface area contributed by atoms with E-state index in [4.69, 9.17) is 4.74 Å². The van der Waals surface area contributed by atoms with Crippen LogP contribution in [0.5, 0.6) is 0 Å². The molecule has 0 spiro atoms. The Morgan fingerprint density at radius 2 is 1.53 bits per heavy atom. The molecule has 1 fully saturated rings. The summed E-state index contributed by atoms with van der Waals surface area (Å²) in [6.45, 7) is 10.1. The SMILES string of the molecule is CCCCC(CCCC)CCN1CCOCC1. The minimum absolute atomic E-state index is 0.939. The lowest BCUT2D eigenvalue weighted by Crippen LogP contribution is -2.37. The number of unbranched alkanes of at least 4 members (excludes halogenated alkanes) is 2. The largest absolute Gasteiger partial charge is 0.379 e. The summed E-state index contributed by atoms with van der Waals surface area (Å²) in [4.78, 5) is 2.58. The van der Waals surface area contributed by atoms with Crippen LogP contribution in [0, 0.1) is 5.92 Å². The predicted octanol–water partition coefficient (Wildman–Crippen LogP) is 3.71. The zero-order chi connectivity index (χ0) is 12.3. The Morgan fingerprint density at radius 1 is 0.941 bits per heavy atom. The molecular formula is C15H31NO. The highest BCUT2D eigenvalue weighted by atomic mass is 16.5. The molecule has 1 rings (SSSR count). The van der Waals surface area contributed by atoms with Crippen LogP contribution >= 0.6 is 0 Å². The third-order valence-electron chi connectivity index (χ3n) is 3.89. The highest BCUT2D eigenvalue weighted by molar-refractivity contribution is 4.66. The van der Waals surface area contributed by atoms with Gasteiger partial charge in [0, 0.05) is 13.1 Å². The monoisotopic (exact) mass is 241 g/mol. The van der Waals surface area contributed by atoms with Crippen molar-refractivity contribution in [1.82, 2.24) is 4.90 Å². The molecule has 1 aliphatic heterocycles. The number of hydrogen-bond acceptors (Lipinski definition) is 2. The molecule has 0 radical (unpaired) electrons. The Hall–Kier alpha value is -0.0800. The van der Waals surface area contributed by atoms with Gasteiger partial charge in [0.15, 0.2) is 0 Å². The molecular weight excluding hydrogens is 210 g/mol. The first kappa shape index (κ1) is 15.0. The molecule has 1 saturated heterocycles. The van der Waals surface area contributed by atoms with Crippen LogP contribution in [0.25, 0.3) is 0 Å². The van der Waals surface area contributed by atoms with E-state index in [0.29, 0.717) is 0 Å². The molecule has 0 aliphatic carbocycles. The Labute approximate surface area is 108 Å². The summed E-state index contributed by atoms with van der Waals surface area (Å²) in [5.41, 5.74) is 0. The zero-order valence-corrected chi connectivity index (χ0v) is 11.9. The number of morpholine rings is 1. The van der Waals surface area contributed by atoms with Gasteiger partial charge >= 0.3 is 0 Å². The van der Waals surface area contributed by atoms with E-state index in [0.717, 1.165) is 32.2 Å². The Bertz CT molecular complexity index is 158. The molecule has 0 aromatic carbocycles. The molecule has 0 bridgehead atoms. The topological polar surface area (TPSA) is 12.5 Å². The second-order valence-corrected chi connectivity index (χ2v) is 5.39. The summed E-state index contributed by atoms with van der Waals surface area (Å²) in [5.74, 6) is 0.970. The molecule has 0 aromatic heterocycles. The first-order valence-electron chi connectivity index (χ1n) is 7.66. The van der Waals surface area contributed by atoms with Crippen molar-refractivity contribution >= 4 is 0 Å². The third kappa shape index (κ3) is 7.05. The van der Waals surface area contributed by atoms with Crippen LogP contribution in [0.2, 0.25) is 0 Å². The number of hydrogen-bond donors (Lipinski definition) is 0. The van der Waals surface area contributed by atoms with Crippen molar-refractivity contribution in [2.24, 2.45) is 5.92 Å². The molecule has 0 aromatic rings. The van der Waals surface area contributed by atoms with Crippen LogP contribution in [-0.2, 0) is 4.74 Å². The van der Waals surface area contributed by atoms with Crippen molar-refractivity contribution in [3.05, 3.63) is 0 Å². The maximum absolute atomic E-state index is 5.39. The lowest BCUT2D eigenvalue weighted by molar-refractivity contribution is 0.0349. The minimum Gasteiger partial charge on any atom is -0.379 e. The van der Waals surface area contributed by atoms with Gasteiger partial charge in [-0.3, -0.25) is 4.90 Å². The quantitative estimate of drug-likeness (QED) is 0.610. The van der Waals surface area contributed by atoms with Crippen LogP contribution in [0.1, 0.15) is 58.8 Å². The van der Waals surface area contributed by atoms with Crippen LogP contribution in [0.15, 0.2) is 0 Å². The number of nitrogens with zero attached hydrogens (tertiary/aromatic N) is 1. The Morgan fingerprint density at radius 3 is 2.06 bits per heavy atom. The lowest BCUT2D eigenvalue weighted by atomic mass is 9.92. The van der Waals surface area contributed by atoms with Gasteiger partial charge in [-0.05, 0) is 18.9 Å². The van der Waals surface area contributed by atoms with Gasteiger partial charge in [-0.25, -0.2) is 0 Å². The summed E-state index contributed by atoms with van der Waals surface area (Å²) in [6, 6.07) is 0. The second-order valence-electron chi connectivity index (χ2n) is 5.39. The summed E-state index contributed by atoms with van der Waals surface area (Å²) in [7, 11) is 0. The van der Waals surface area contributed by atoms with E-state index in [1.807, 2.05) is 0 Å². The molecule has 0 saturated carbocycles. The van der Waals surface area contributed by atoms with E-state index in [1.54, 1.807) is 0 Å². The fourth-order valence-corrected chi connectivity index (χ4v) is 2.61. The average molecular weight is 241 g/mol. The third-order valence-corrected chi connectivity index (χ3v) is 3.89. The molecule has 0 N–H and O–H groups in total. The first-order valence-corrected chi connectivity index (χ1v) is 7.66. The molecule has 102 valence electrons. The van der Waals surface area contributed by atoms with Crippen molar-refractivity contribution in [3.63, 3.8) is 0 Å². The van der Waals surface area contributed by atoms with Gasteiger partial charge in [0.25, 0.3) is 0 Å². The van der Waals surface area contributed by atoms with E-state index in [9.17, 15) is 0 Å². The number of rotatable bonds is 9. The van der Waals surface area contributed by atoms with Gasteiger partial charge in [-0.15, -0.1) is 0 Å².